The highest BCUT2D eigenvalue weighted by Gasteiger charge is 2.16. The van der Waals surface area contributed by atoms with Crippen molar-refractivity contribution < 1.29 is 4.42 Å². The first-order valence-corrected chi connectivity index (χ1v) is 6.47. The number of furan rings is 1. The van der Waals surface area contributed by atoms with Gasteiger partial charge in [0.05, 0.1) is 12.3 Å². The molecule has 0 fully saturated rings. The van der Waals surface area contributed by atoms with Crippen LogP contribution in [0.2, 0.25) is 0 Å². The second-order valence-electron chi connectivity index (χ2n) is 4.84. The summed E-state index contributed by atoms with van der Waals surface area (Å²) in [4.78, 5) is 0. The Morgan fingerprint density at radius 1 is 1.17 bits per heavy atom. The van der Waals surface area contributed by atoms with Crippen LogP contribution in [-0.4, -0.2) is 6.54 Å². The van der Waals surface area contributed by atoms with Crippen molar-refractivity contribution in [3.05, 3.63) is 58.5 Å². The topological polar surface area (TPSA) is 25.2 Å². The van der Waals surface area contributed by atoms with Crippen molar-refractivity contribution in [2.75, 3.05) is 6.54 Å². The van der Waals surface area contributed by atoms with Crippen molar-refractivity contribution >= 4 is 0 Å². The summed E-state index contributed by atoms with van der Waals surface area (Å²) in [6, 6.07) is 8.92. The molecular formula is C16H21NO. The lowest BCUT2D eigenvalue weighted by molar-refractivity contribution is 0.525. The predicted octanol–water partition coefficient (Wildman–Crippen LogP) is 3.90. The van der Waals surface area contributed by atoms with Crippen LogP contribution in [0.1, 0.15) is 41.0 Å². The van der Waals surface area contributed by atoms with Gasteiger partial charge in [-0.25, -0.2) is 0 Å². The van der Waals surface area contributed by atoms with Gasteiger partial charge in [0.15, 0.2) is 0 Å². The largest absolute Gasteiger partial charge is 0.469 e. The summed E-state index contributed by atoms with van der Waals surface area (Å²) in [5.74, 6) is 0.956. The van der Waals surface area contributed by atoms with Crippen LogP contribution in [0, 0.1) is 20.8 Å². The molecule has 0 bridgehead atoms. The minimum Gasteiger partial charge on any atom is -0.469 e. The van der Waals surface area contributed by atoms with Crippen LogP contribution in [-0.2, 0) is 0 Å². The smallest absolute Gasteiger partial charge is 0.101 e. The minimum absolute atomic E-state index is 0.216. The molecule has 0 saturated heterocycles. The number of hydrogen-bond donors (Lipinski definition) is 1. The summed E-state index contributed by atoms with van der Waals surface area (Å²) in [6.45, 7) is 9.33. The molecule has 96 valence electrons. The van der Waals surface area contributed by atoms with Crippen molar-refractivity contribution in [3.8, 4) is 0 Å². The average molecular weight is 243 g/mol. The molecule has 0 spiro atoms. The van der Waals surface area contributed by atoms with Gasteiger partial charge in [-0.05, 0) is 44.5 Å². The standard InChI is InChI=1S/C16H21NO/c1-5-17-16(14-9-13(4)18-10-14)15-7-6-11(2)8-12(15)3/h6-10,16-17H,5H2,1-4H3. The third-order valence-corrected chi connectivity index (χ3v) is 3.23. The Morgan fingerprint density at radius 3 is 2.50 bits per heavy atom. The molecule has 2 heteroatoms. The van der Waals surface area contributed by atoms with Gasteiger partial charge >= 0.3 is 0 Å². The third-order valence-electron chi connectivity index (χ3n) is 3.23. The SMILES string of the molecule is CCNC(c1coc(C)c1)c1ccc(C)cc1C. The number of benzene rings is 1. The lowest BCUT2D eigenvalue weighted by Crippen LogP contribution is -2.22. The zero-order valence-electron chi connectivity index (χ0n) is 11.6. The Bertz CT molecular complexity index is 528. The highest BCUT2D eigenvalue weighted by Crippen LogP contribution is 2.26. The molecule has 18 heavy (non-hydrogen) atoms. The summed E-state index contributed by atoms with van der Waals surface area (Å²) < 4.78 is 5.44. The number of nitrogens with one attached hydrogen (secondary N) is 1. The van der Waals surface area contributed by atoms with Crippen molar-refractivity contribution in [2.24, 2.45) is 0 Å². The van der Waals surface area contributed by atoms with E-state index >= 15 is 0 Å². The molecule has 2 rings (SSSR count). The van der Waals surface area contributed by atoms with E-state index in [0.717, 1.165) is 12.3 Å². The summed E-state index contributed by atoms with van der Waals surface area (Å²) in [5.41, 5.74) is 5.14. The molecular weight excluding hydrogens is 222 g/mol. The van der Waals surface area contributed by atoms with E-state index in [1.807, 2.05) is 13.2 Å². The predicted molar refractivity (Wildman–Crippen MR) is 74.9 cm³/mol. The van der Waals surface area contributed by atoms with Crippen molar-refractivity contribution in [2.45, 2.75) is 33.7 Å². The average Bonchev–Trinajstić information content (AvgIpc) is 2.73. The van der Waals surface area contributed by atoms with E-state index < -0.39 is 0 Å². The van der Waals surface area contributed by atoms with Crippen molar-refractivity contribution in [1.82, 2.24) is 5.32 Å². The van der Waals surface area contributed by atoms with Gasteiger partial charge < -0.3 is 9.73 Å². The second-order valence-corrected chi connectivity index (χ2v) is 4.84. The van der Waals surface area contributed by atoms with Crippen LogP contribution in [0.4, 0.5) is 0 Å². The van der Waals surface area contributed by atoms with E-state index in [9.17, 15) is 0 Å². The maximum atomic E-state index is 5.44. The Morgan fingerprint density at radius 2 is 1.94 bits per heavy atom. The second kappa shape index (κ2) is 5.40. The maximum absolute atomic E-state index is 5.44. The molecule has 1 N–H and O–H groups in total. The molecule has 0 aliphatic rings. The van der Waals surface area contributed by atoms with Gasteiger partial charge in [0.1, 0.15) is 5.76 Å². The van der Waals surface area contributed by atoms with E-state index in [0.29, 0.717) is 0 Å². The van der Waals surface area contributed by atoms with Crippen LogP contribution in [0.3, 0.4) is 0 Å². The third kappa shape index (κ3) is 2.65. The van der Waals surface area contributed by atoms with E-state index in [1.54, 1.807) is 0 Å². The molecule has 2 nitrogen and oxygen atoms in total. The van der Waals surface area contributed by atoms with E-state index in [4.69, 9.17) is 4.42 Å². The van der Waals surface area contributed by atoms with E-state index in [1.165, 1.54) is 22.3 Å². The zero-order valence-corrected chi connectivity index (χ0v) is 11.6. The molecule has 1 aromatic heterocycles. The van der Waals surface area contributed by atoms with Crippen LogP contribution in [0.25, 0.3) is 0 Å². The first-order valence-electron chi connectivity index (χ1n) is 6.47. The summed E-state index contributed by atoms with van der Waals surface area (Å²) in [5, 5.41) is 3.53. The molecule has 0 aliphatic carbocycles. The van der Waals surface area contributed by atoms with Gasteiger partial charge in [-0.3, -0.25) is 0 Å². The normalized spacial score (nSPS) is 12.7. The molecule has 0 radical (unpaired) electrons. The first-order chi connectivity index (χ1) is 8.61. The quantitative estimate of drug-likeness (QED) is 0.881. The van der Waals surface area contributed by atoms with Crippen LogP contribution < -0.4 is 5.32 Å². The summed E-state index contributed by atoms with van der Waals surface area (Å²) >= 11 is 0. The number of hydrogen-bond acceptors (Lipinski definition) is 2. The van der Waals surface area contributed by atoms with Crippen molar-refractivity contribution in [3.63, 3.8) is 0 Å². The Hall–Kier alpha value is -1.54. The maximum Gasteiger partial charge on any atom is 0.101 e. The van der Waals surface area contributed by atoms with Crippen molar-refractivity contribution in [1.29, 1.82) is 0 Å². The van der Waals surface area contributed by atoms with Crippen LogP contribution >= 0.6 is 0 Å². The summed E-state index contributed by atoms with van der Waals surface area (Å²) in [6.07, 6.45) is 1.85. The molecule has 0 amide bonds. The highest BCUT2D eigenvalue weighted by atomic mass is 16.3. The Labute approximate surface area is 109 Å². The number of rotatable bonds is 4. The monoisotopic (exact) mass is 243 g/mol. The van der Waals surface area contributed by atoms with Gasteiger partial charge in [-0.15, -0.1) is 0 Å². The molecule has 0 saturated carbocycles. The Balaban J connectivity index is 2.41. The fourth-order valence-corrected chi connectivity index (χ4v) is 2.38. The van der Waals surface area contributed by atoms with Crippen LogP contribution in [0.15, 0.2) is 34.9 Å². The molecule has 2 aromatic rings. The summed E-state index contributed by atoms with van der Waals surface area (Å²) in [7, 11) is 0. The fraction of sp³-hybridized carbons (Fsp3) is 0.375. The molecule has 1 atom stereocenters. The minimum atomic E-state index is 0.216. The van der Waals surface area contributed by atoms with Gasteiger partial charge in [0.2, 0.25) is 0 Å². The molecule has 0 aliphatic heterocycles. The lowest BCUT2D eigenvalue weighted by atomic mass is 9.95. The van der Waals surface area contributed by atoms with Gasteiger partial charge in [-0.1, -0.05) is 30.7 Å². The zero-order chi connectivity index (χ0) is 13.1. The first kappa shape index (κ1) is 12.9. The molecule has 1 aromatic carbocycles. The fourth-order valence-electron chi connectivity index (χ4n) is 2.38. The van der Waals surface area contributed by atoms with Crippen LogP contribution in [0.5, 0.6) is 0 Å². The van der Waals surface area contributed by atoms with Gasteiger partial charge in [0, 0.05) is 5.56 Å². The molecule has 1 heterocycles. The van der Waals surface area contributed by atoms with Gasteiger partial charge in [-0.2, -0.15) is 0 Å². The van der Waals surface area contributed by atoms with E-state index in [-0.39, 0.29) is 6.04 Å². The number of aryl methyl sites for hydroxylation is 3. The lowest BCUT2D eigenvalue weighted by Gasteiger charge is -2.19. The van der Waals surface area contributed by atoms with E-state index in [2.05, 4.69) is 50.4 Å². The Kier molecular flexibility index (Phi) is 3.87. The highest BCUT2D eigenvalue weighted by molar-refractivity contribution is 5.38. The molecule has 1 unspecified atom stereocenters. The van der Waals surface area contributed by atoms with Gasteiger partial charge in [0.25, 0.3) is 0 Å².